The molecule has 0 spiro atoms. The third-order valence-electron chi connectivity index (χ3n) is 2.42. The molecule has 2 rings (SSSR count). The van der Waals surface area contributed by atoms with Gasteiger partial charge in [-0.2, -0.15) is 0 Å². The summed E-state index contributed by atoms with van der Waals surface area (Å²) in [7, 11) is 3.98. The van der Waals surface area contributed by atoms with Gasteiger partial charge in [-0.15, -0.1) is 0 Å². The van der Waals surface area contributed by atoms with Crippen molar-refractivity contribution >= 4 is 27.5 Å². The molecular formula is C13H14BrN3. The van der Waals surface area contributed by atoms with Crippen molar-refractivity contribution in [3.8, 4) is 11.8 Å². The van der Waals surface area contributed by atoms with Gasteiger partial charge in [0, 0.05) is 10.4 Å². The first kappa shape index (κ1) is 12.3. The molecule has 0 aromatic heterocycles. The molecule has 17 heavy (non-hydrogen) atoms. The first-order valence-corrected chi connectivity index (χ1v) is 6.26. The minimum atomic E-state index is 0.300. The van der Waals surface area contributed by atoms with Crippen molar-refractivity contribution in [3.05, 3.63) is 22.7 Å². The zero-order chi connectivity index (χ0) is 12.3. The smallest absolute Gasteiger partial charge is 0.200 e. The Labute approximate surface area is 110 Å². The van der Waals surface area contributed by atoms with Crippen LogP contribution in [0.2, 0.25) is 0 Å². The first-order valence-electron chi connectivity index (χ1n) is 5.47. The van der Waals surface area contributed by atoms with Crippen LogP contribution in [0.25, 0.3) is 0 Å². The van der Waals surface area contributed by atoms with E-state index in [9.17, 15) is 0 Å². The maximum atomic E-state index is 4.46. The summed E-state index contributed by atoms with van der Waals surface area (Å²) in [5.74, 6) is 7.00. The van der Waals surface area contributed by atoms with Crippen molar-refractivity contribution < 1.29 is 0 Å². The van der Waals surface area contributed by atoms with Gasteiger partial charge in [-0.3, -0.25) is 9.89 Å². The molecule has 0 saturated heterocycles. The molecule has 0 N–H and O–H groups in total. The highest BCUT2D eigenvalue weighted by Gasteiger charge is 2.18. The second-order valence-electron chi connectivity index (χ2n) is 4.23. The fourth-order valence-corrected chi connectivity index (χ4v) is 2.03. The van der Waals surface area contributed by atoms with Crippen molar-refractivity contribution in [2.45, 2.75) is 0 Å². The molecule has 0 fully saturated rings. The van der Waals surface area contributed by atoms with E-state index in [1.807, 2.05) is 31.1 Å². The maximum absolute atomic E-state index is 4.46. The van der Waals surface area contributed by atoms with Gasteiger partial charge in [0.2, 0.25) is 5.84 Å². The van der Waals surface area contributed by atoms with Gasteiger partial charge in [-0.25, -0.2) is 4.99 Å². The molecule has 4 heteroatoms. The highest BCUT2D eigenvalue weighted by molar-refractivity contribution is 9.11. The van der Waals surface area contributed by atoms with Crippen molar-refractivity contribution in [2.24, 2.45) is 15.9 Å². The van der Waals surface area contributed by atoms with Crippen LogP contribution in [0.4, 0.5) is 0 Å². The first-order chi connectivity index (χ1) is 8.15. The Morgan fingerprint density at radius 3 is 3.06 bits per heavy atom. The monoisotopic (exact) mass is 291 g/mol. The molecule has 0 aromatic rings. The fraction of sp³-hybridized carbons (Fsp3) is 0.385. The third kappa shape index (κ3) is 3.39. The fourth-order valence-electron chi connectivity index (χ4n) is 1.57. The standard InChI is InChI=1S/C13H14BrN3/c1-17(2)7-3-4-13-15-9-10-8-11(14)5-6-12(10)16-13/h5-6,8,10H,7,9H2,1-2H3. The van der Waals surface area contributed by atoms with Crippen LogP contribution < -0.4 is 0 Å². The normalized spacial score (nSPS) is 22.1. The Balaban J connectivity index is 2.08. The predicted octanol–water partition coefficient (Wildman–Crippen LogP) is 1.87. The highest BCUT2D eigenvalue weighted by Crippen LogP contribution is 2.21. The second-order valence-corrected chi connectivity index (χ2v) is 5.15. The molecular weight excluding hydrogens is 278 g/mol. The number of aliphatic imine (C=N–C) groups is 2. The van der Waals surface area contributed by atoms with E-state index in [-0.39, 0.29) is 0 Å². The van der Waals surface area contributed by atoms with Crippen LogP contribution in [0.15, 0.2) is 32.7 Å². The van der Waals surface area contributed by atoms with E-state index in [0.29, 0.717) is 11.8 Å². The van der Waals surface area contributed by atoms with Gasteiger partial charge in [0.25, 0.3) is 0 Å². The molecule has 1 atom stereocenters. The van der Waals surface area contributed by atoms with Gasteiger partial charge in [-0.1, -0.05) is 27.9 Å². The van der Waals surface area contributed by atoms with Crippen LogP contribution in [0.3, 0.4) is 0 Å². The van der Waals surface area contributed by atoms with E-state index in [0.717, 1.165) is 23.3 Å². The van der Waals surface area contributed by atoms with Crippen LogP contribution in [0, 0.1) is 17.8 Å². The Hall–Kier alpha value is -1.18. The third-order valence-corrected chi connectivity index (χ3v) is 2.95. The number of hydrogen-bond donors (Lipinski definition) is 0. The lowest BCUT2D eigenvalue weighted by atomic mass is 9.97. The summed E-state index contributed by atoms with van der Waals surface area (Å²) >= 11 is 3.46. The average molecular weight is 292 g/mol. The van der Waals surface area contributed by atoms with Gasteiger partial charge >= 0.3 is 0 Å². The molecule has 1 aliphatic heterocycles. The Morgan fingerprint density at radius 1 is 1.47 bits per heavy atom. The van der Waals surface area contributed by atoms with Crippen LogP contribution in [0.1, 0.15) is 0 Å². The molecule has 1 aliphatic carbocycles. The SMILES string of the molecule is CN(C)CC#CC1=NCC2C=C(Br)C=CC2=N1. The average Bonchev–Trinajstić information content (AvgIpc) is 2.29. The summed E-state index contributed by atoms with van der Waals surface area (Å²) in [6.45, 7) is 1.47. The number of amidine groups is 1. The summed E-state index contributed by atoms with van der Waals surface area (Å²) in [6, 6.07) is 0. The maximum Gasteiger partial charge on any atom is 0.200 e. The van der Waals surface area contributed by atoms with E-state index >= 15 is 0 Å². The van der Waals surface area contributed by atoms with Gasteiger partial charge in [0.05, 0.1) is 18.8 Å². The highest BCUT2D eigenvalue weighted by atomic mass is 79.9. The van der Waals surface area contributed by atoms with Crippen LogP contribution in [-0.2, 0) is 0 Å². The molecule has 0 aromatic carbocycles. The number of halogens is 1. The summed E-state index contributed by atoms with van der Waals surface area (Å²) in [5, 5.41) is 0. The molecule has 3 nitrogen and oxygen atoms in total. The molecule has 1 unspecified atom stereocenters. The molecule has 2 aliphatic rings. The van der Waals surface area contributed by atoms with Gasteiger partial charge in [-0.05, 0) is 32.2 Å². The lowest BCUT2D eigenvalue weighted by Crippen LogP contribution is -2.22. The lowest BCUT2D eigenvalue weighted by Gasteiger charge is -2.18. The van der Waals surface area contributed by atoms with Crippen molar-refractivity contribution in [1.29, 1.82) is 0 Å². The van der Waals surface area contributed by atoms with E-state index in [4.69, 9.17) is 0 Å². The summed E-state index contributed by atoms with van der Waals surface area (Å²) in [6.07, 6.45) is 6.16. The van der Waals surface area contributed by atoms with Crippen LogP contribution in [0.5, 0.6) is 0 Å². The number of hydrogen-bond acceptors (Lipinski definition) is 3. The minimum Gasteiger partial charge on any atom is -0.299 e. The molecule has 0 saturated carbocycles. The topological polar surface area (TPSA) is 28.0 Å². The van der Waals surface area contributed by atoms with Crippen molar-refractivity contribution in [3.63, 3.8) is 0 Å². The summed E-state index contributed by atoms with van der Waals surface area (Å²) < 4.78 is 1.10. The van der Waals surface area contributed by atoms with E-state index in [1.165, 1.54) is 0 Å². The number of nitrogens with zero attached hydrogens (tertiary/aromatic N) is 3. The van der Waals surface area contributed by atoms with E-state index in [1.54, 1.807) is 0 Å². The summed E-state index contributed by atoms with van der Waals surface area (Å²) in [4.78, 5) is 10.9. The van der Waals surface area contributed by atoms with Crippen molar-refractivity contribution in [2.75, 3.05) is 27.2 Å². The Morgan fingerprint density at radius 2 is 2.29 bits per heavy atom. The van der Waals surface area contributed by atoms with Crippen LogP contribution in [-0.4, -0.2) is 43.6 Å². The molecule has 88 valence electrons. The molecule has 0 bridgehead atoms. The van der Waals surface area contributed by atoms with E-state index < -0.39 is 0 Å². The van der Waals surface area contributed by atoms with Crippen molar-refractivity contribution in [1.82, 2.24) is 4.90 Å². The van der Waals surface area contributed by atoms with Gasteiger partial charge in [0.1, 0.15) is 0 Å². The second kappa shape index (κ2) is 5.44. The lowest BCUT2D eigenvalue weighted by molar-refractivity contribution is 0.464. The minimum absolute atomic E-state index is 0.300. The predicted molar refractivity (Wildman–Crippen MR) is 75.7 cm³/mol. The zero-order valence-corrected chi connectivity index (χ0v) is 11.5. The Bertz CT molecular complexity index is 487. The zero-order valence-electron chi connectivity index (χ0n) is 9.94. The quantitative estimate of drug-likeness (QED) is 0.678. The number of fused-ring (bicyclic) bond motifs is 1. The van der Waals surface area contributed by atoms with Gasteiger partial charge in [0.15, 0.2) is 0 Å². The number of allylic oxidation sites excluding steroid dienone is 3. The van der Waals surface area contributed by atoms with Crippen LogP contribution >= 0.6 is 15.9 Å². The van der Waals surface area contributed by atoms with E-state index in [2.05, 4.69) is 43.8 Å². The molecule has 0 amide bonds. The number of rotatable bonds is 1. The van der Waals surface area contributed by atoms with Gasteiger partial charge < -0.3 is 0 Å². The Kier molecular flexibility index (Phi) is 3.93. The molecule has 1 heterocycles. The largest absolute Gasteiger partial charge is 0.299 e. The molecule has 0 radical (unpaired) electrons. The summed E-state index contributed by atoms with van der Waals surface area (Å²) in [5.41, 5.74) is 1.05.